The Morgan fingerprint density at radius 1 is 0.931 bits per heavy atom. The molecule has 2 N–H and O–H groups in total. The summed E-state index contributed by atoms with van der Waals surface area (Å²) in [5.74, 6) is -0.652. The Morgan fingerprint density at radius 3 is 2.10 bits per heavy atom. The first-order valence-electron chi connectivity index (χ1n) is 8.74. The maximum Gasteiger partial charge on any atom is 0.366 e. The van der Waals surface area contributed by atoms with E-state index in [1.165, 1.54) is 18.2 Å². The summed E-state index contributed by atoms with van der Waals surface area (Å²) in [5, 5.41) is 18.3. The van der Waals surface area contributed by atoms with Gasteiger partial charge in [0.25, 0.3) is 5.91 Å². The van der Waals surface area contributed by atoms with E-state index < -0.39 is 17.1 Å². The van der Waals surface area contributed by atoms with Gasteiger partial charge in [0.15, 0.2) is 10.8 Å². The van der Waals surface area contributed by atoms with Gasteiger partial charge in [-0.05, 0) is 29.3 Å². The van der Waals surface area contributed by atoms with Gasteiger partial charge in [-0.15, -0.1) is 0 Å². The Morgan fingerprint density at radius 2 is 1.52 bits per heavy atom. The van der Waals surface area contributed by atoms with E-state index in [4.69, 9.17) is 11.6 Å². The van der Waals surface area contributed by atoms with Crippen LogP contribution in [0, 0.1) is 0 Å². The lowest BCUT2D eigenvalue weighted by molar-refractivity contribution is -0.131. The number of fused-ring (bicyclic) bond motifs is 1. The van der Waals surface area contributed by atoms with Crippen LogP contribution in [0.3, 0.4) is 0 Å². The summed E-state index contributed by atoms with van der Waals surface area (Å²) in [4.78, 5) is 25.0. The van der Waals surface area contributed by atoms with E-state index in [0.717, 1.165) is 0 Å². The molecule has 0 spiro atoms. The number of rotatable bonds is 4. The Hall–Kier alpha value is -3.48. The number of carbonyl (C=O) groups excluding carboxylic acids is 1. The van der Waals surface area contributed by atoms with Crippen molar-refractivity contribution < 1.29 is 14.4 Å². The van der Waals surface area contributed by atoms with Gasteiger partial charge in [-0.3, -0.25) is 4.79 Å². The number of hydrogen-bond donors (Lipinski definition) is 2. The molecule has 3 aromatic carbocycles. The Balaban J connectivity index is 1.77. The van der Waals surface area contributed by atoms with Crippen LogP contribution >= 0.6 is 11.6 Å². The molecule has 6 nitrogen and oxygen atoms in total. The van der Waals surface area contributed by atoms with E-state index in [9.17, 15) is 14.7 Å². The molecule has 0 radical (unpaired) electrons. The van der Waals surface area contributed by atoms with E-state index in [1.807, 2.05) is 0 Å². The molecule has 1 heterocycles. The monoisotopic (exact) mass is 406 g/mol. The van der Waals surface area contributed by atoms with Crippen LogP contribution in [0.2, 0.25) is 5.15 Å². The lowest BCUT2D eigenvalue weighted by atomic mass is 9.85. The third-order valence-corrected chi connectivity index (χ3v) is 4.91. The van der Waals surface area contributed by atoms with Crippen molar-refractivity contribution in [3.8, 4) is 0 Å². The van der Waals surface area contributed by atoms with Gasteiger partial charge in [-0.2, -0.15) is 0 Å². The van der Waals surface area contributed by atoms with Gasteiger partial charge in [0.1, 0.15) is 0 Å². The number of nitrogens with one attached hydrogen (secondary N) is 1. The first-order valence-corrected chi connectivity index (χ1v) is 9.12. The molecule has 0 aliphatic heterocycles. The van der Waals surface area contributed by atoms with Crippen LogP contribution in [-0.2, 0) is 10.4 Å². The van der Waals surface area contributed by atoms with Crippen molar-refractivity contribution in [3.05, 3.63) is 106 Å². The van der Waals surface area contributed by atoms with Gasteiger partial charge in [0.2, 0.25) is 0 Å². The molecule has 0 saturated heterocycles. The van der Waals surface area contributed by atoms with Gasteiger partial charge in [0, 0.05) is 11.1 Å². The highest BCUT2D eigenvalue weighted by atomic mass is 35.5. The molecule has 0 aliphatic rings. The van der Waals surface area contributed by atoms with Gasteiger partial charge in [0.05, 0.1) is 5.39 Å². The lowest BCUT2D eigenvalue weighted by Gasteiger charge is -2.28. The molecule has 7 heteroatoms. The molecule has 0 saturated carbocycles. The minimum absolute atomic E-state index is 0.00270. The van der Waals surface area contributed by atoms with Crippen molar-refractivity contribution in [1.82, 2.24) is 5.16 Å². The first-order chi connectivity index (χ1) is 14.0. The summed E-state index contributed by atoms with van der Waals surface area (Å²) in [5.41, 5.74) is -1.36. The second kappa shape index (κ2) is 7.50. The quantitative estimate of drug-likeness (QED) is 0.539. The second-order valence-corrected chi connectivity index (χ2v) is 6.78. The number of benzene rings is 3. The van der Waals surface area contributed by atoms with Crippen LogP contribution in [0.15, 0.2) is 88.2 Å². The van der Waals surface area contributed by atoms with Crippen molar-refractivity contribution in [1.29, 1.82) is 0 Å². The molecule has 0 fully saturated rings. The van der Waals surface area contributed by atoms with Crippen molar-refractivity contribution >= 4 is 34.0 Å². The van der Waals surface area contributed by atoms with Gasteiger partial charge in [-0.25, -0.2) is 4.79 Å². The van der Waals surface area contributed by atoms with Crippen molar-refractivity contribution in [2.45, 2.75) is 5.60 Å². The molecule has 1 amide bonds. The summed E-state index contributed by atoms with van der Waals surface area (Å²) < 4.78 is 4.60. The highest BCUT2D eigenvalue weighted by molar-refractivity contribution is 6.34. The lowest BCUT2D eigenvalue weighted by Crippen LogP contribution is -2.41. The number of aliphatic hydroxyl groups is 1. The average molecular weight is 407 g/mol. The molecule has 0 aliphatic carbocycles. The van der Waals surface area contributed by atoms with Crippen LogP contribution < -0.4 is 10.9 Å². The zero-order valence-corrected chi connectivity index (χ0v) is 15.8. The Labute approximate surface area is 170 Å². The predicted octanol–water partition coefficient (Wildman–Crippen LogP) is 3.72. The van der Waals surface area contributed by atoms with E-state index >= 15 is 0 Å². The summed E-state index contributed by atoms with van der Waals surface area (Å²) in [6.07, 6.45) is 0. The zero-order valence-electron chi connectivity index (χ0n) is 15.0. The number of halogens is 1. The number of aromatic nitrogens is 1. The highest BCUT2D eigenvalue weighted by Crippen LogP contribution is 2.32. The molecule has 29 heavy (non-hydrogen) atoms. The van der Waals surface area contributed by atoms with Gasteiger partial charge in [-0.1, -0.05) is 77.4 Å². The Kier molecular flexibility index (Phi) is 4.88. The molecular weight excluding hydrogens is 392 g/mol. The van der Waals surface area contributed by atoms with Crippen LogP contribution in [0.4, 0.5) is 5.69 Å². The maximum atomic E-state index is 13.2. The number of hydrogen-bond acceptors (Lipinski definition) is 5. The van der Waals surface area contributed by atoms with E-state index in [1.54, 1.807) is 60.7 Å². The summed E-state index contributed by atoms with van der Waals surface area (Å²) in [7, 11) is 0. The second-order valence-electron chi connectivity index (χ2n) is 6.42. The van der Waals surface area contributed by atoms with Crippen molar-refractivity contribution in [2.24, 2.45) is 0 Å². The van der Waals surface area contributed by atoms with E-state index in [-0.39, 0.29) is 10.5 Å². The number of carbonyl (C=O) groups is 1. The molecule has 0 unspecified atom stereocenters. The largest absolute Gasteiger partial charge is 0.372 e. The minimum atomic E-state index is -1.92. The Bertz CT molecular complexity index is 1200. The fourth-order valence-electron chi connectivity index (χ4n) is 3.16. The van der Waals surface area contributed by atoms with Crippen LogP contribution in [0.25, 0.3) is 10.8 Å². The molecule has 1 aromatic heterocycles. The molecule has 144 valence electrons. The first kappa shape index (κ1) is 18.9. The normalized spacial score (nSPS) is 11.4. The van der Waals surface area contributed by atoms with Crippen LogP contribution in [0.1, 0.15) is 11.1 Å². The van der Waals surface area contributed by atoms with Gasteiger partial charge >= 0.3 is 5.63 Å². The summed E-state index contributed by atoms with van der Waals surface area (Å²) in [6, 6.07) is 21.8. The summed E-state index contributed by atoms with van der Waals surface area (Å²) in [6.45, 7) is 0. The third kappa shape index (κ3) is 3.40. The average Bonchev–Trinajstić information content (AvgIpc) is 2.77. The molecule has 4 aromatic rings. The number of anilines is 1. The molecule has 0 atom stereocenters. The topological polar surface area (TPSA) is 92.4 Å². The SMILES string of the molecule is O=C(Nc1ccc2c(=O)onc(Cl)c2c1)C(O)(c1ccccc1)c1ccccc1. The number of nitrogens with zero attached hydrogens (tertiary/aromatic N) is 1. The fourth-order valence-corrected chi connectivity index (χ4v) is 3.35. The zero-order chi connectivity index (χ0) is 20.4. The molecule has 0 bridgehead atoms. The van der Waals surface area contributed by atoms with Crippen LogP contribution in [-0.4, -0.2) is 16.2 Å². The predicted molar refractivity (Wildman–Crippen MR) is 110 cm³/mol. The highest BCUT2D eigenvalue weighted by Gasteiger charge is 2.39. The maximum absolute atomic E-state index is 13.2. The number of amides is 1. The molecular formula is C22H15ClN2O4. The van der Waals surface area contributed by atoms with E-state index in [0.29, 0.717) is 22.2 Å². The third-order valence-electron chi connectivity index (χ3n) is 4.64. The molecule has 4 rings (SSSR count). The fraction of sp³-hybridized carbons (Fsp3) is 0.0455. The smallest absolute Gasteiger partial charge is 0.366 e. The van der Waals surface area contributed by atoms with Crippen LogP contribution in [0.5, 0.6) is 0 Å². The standard InChI is InChI=1S/C22H15ClN2O4/c23-19-18-13-16(11-12-17(18)20(26)29-25-19)24-21(27)22(28,14-7-3-1-4-8-14)15-9-5-2-6-10-15/h1-13,28H,(H,24,27). The minimum Gasteiger partial charge on any atom is -0.372 e. The van der Waals surface area contributed by atoms with E-state index in [2.05, 4.69) is 15.0 Å². The van der Waals surface area contributed by atoms with Gasteiger partial charge < -0.3 is 14.9 Å². The van der Waals surface area contributed by atoms with Crippen molar-refractivity contribution in [2.75, 3.05) is 5.32 Å². The van der Waals surface area contributed by atoms with Crippen molar-refractivity contribution in [3.63, 3.8) is 0 Å². The summed E-state index contributed by atoms with van der Waals surface area (Å²) >= 11 is 6.01.